The molecule has 1 spiro atoms. The number of nitrogens with one attached hydrogen (secondary N) is 3. The lowest BCUT2D eigenvalue weighted by atomic mass is 9.92. The molecule has 4 heterocycles. The lowest BCUT2D eigenvalue weighted by Crippen LogP contribution is -2.59. The second kappa shape index (κ2) is 8.20. The maximum atomic E-state index is 13.0. The number of ether oxygens (including phenoxy) is 1. The Hall–Kier alpha value is -3.10. The van der Waals surface area contributed by atoms with Gasteiger partial charge in [0.15, 0.2) is 0 Å². The van der Waals surface area contributed by atoms with Crippen molar-refractivity contribution in [2.75, 3.05) is 44.6 Å². The predicted molar refractivity (Wildman–Crippen MR) is 117 cm³/mol. The van der Waals surface area contributed by atoms with Crippen LogP contribution in [-0.2, 0) is 4.74 Å². The average molecular weight is 422 g/mol. The standard InChI is InChI=1S/C23H27N5O3/c29-21(27-10-11-31-23(16-27)7-1-8-25-15-23)17-2-4-20(5-3-17)26-22(30)28-13-18-6-9-24-12-19(18)14-28/h2-6,9,12-13,24-25H,1,7-8,10-11,14-16H2,(H,26,30). The molecule has 3 N–H and O–H groups in total. The number of urea groups is 1. The summed E-state index contributed by atoms with van der Waals surface area (Å²) in [4.78, 5) is 29.2. The van der Waals surface area contributed by atoms with Gasteiger partial charge in [0.1, 0.15) is 0 Å². The van der Waals surface area contributed by atoms with E-state index >= 15 is 0 Å². The number of allylic oxidation sites excluding steroid dienone is 1. The molecule has 162 valence electrons. The molecule has 31 heavy (non-hydrogen) atoms. The van der Waals surface area contributed by atoms with Crippen LogP contribution >= 0.6 is 0 Å². The Kier molecular flexibility index (Phi) is 5.25. The number of hydrogen-bond acceptors (Lipinski definition) is 5. The Balaban J connectivity index is 1.21. The zero-order valence-electron chi connectivity index (χ0n) is 17.4. The fourth-order valence-electron chi connectivity index (χ4n) is 4.56. The number of piperidine rings is 1. The van der Waals surface area contributed by atoms with Crippen molar-refractivity contribution in [1.82, 2.24) is 20.4 Å². The van der Waals surface area contributed by atoms with Gasteiger partial charge in [0.2, 0.25) is 0 Å². The summed E-state index contributed by atoms with van der Waals surface area (Å²) in [5, 5.41) is 9.33. The van der Waals surface area contributed by atoms with Gasteiger partial charge in [-0.25, -0.2) is 4.79 Å². The van der Waals surface area contributed by atoms with Crippen molar-refractivity contribution in [1.29, 1.82) is 0 Å². The van der Waals surface area contributed by atoms with E-state index in [0.717, 1.165) is 37.1 Å². The molecule has 0 aromatic heterocycles. The first-order chi connectivity index (χ1) is 15.1. The number of fused-ring (bicyclic) bond motifs is 1. The molecule has 1 aromatic carbocycles. The van der Waals surface area contributed by atoms with Crippen LogP contribution < -0.4 is 16.0 Å². The van der Waals surface area contributed by atoms with Crippen LogP contribution in [-0.4, -0.2) is 66.7 Å². The zero-order chi connectivity index (χ0) is 21.3. The summed E-state index contributed by atoms with van der Waals surface area (Å²) in [7, 11) is 0. The minimum atomic E-state index is -0.262. The SMILES string of the molecule is O=C(Nc1ccc(C(=O)N2CCOC3(CCCNC3)C2)cc1)N1C=C2C=CNC=C2C1. The Morgan fingerprint density at radius 2 is 2.06 bits per heavy atom. The zero-order valence-corrected chi connectivity index (χ0v) is 17.4. The van der Waals surface area contributed by atoms with E-state index in [4.69, 9.17) is 4.74 Å². The number of carbonyl (C=O) groups is 2. The number of morpholine rings is 1. The molecular weight excluding hydrogens is 394 g/mol. The molecule has 0 saturated carbocycles. The molecule has 0 aliphatic carbocycles. The van der Waals surface area contributed by atoms with E-state index in [-0.39, 0.29) is 17.5 Å². The summed E-state index contributed by atoms with van der Waals surface area (Å²) >= 11 is 0. The molecule has 0 bridgehead atoms. The van der Waals surface area contributed by atoms with Crippen molar-refractivity contribution in [2.45, 2.75) is 18.4 Å². The van der Waals surface area contributed by atoms with E-state index in [9.17, 15) is 9.59 Å². The first-order valence-corrected chi connectivity index (χ1v) is 10.8. The smallest absolute Gasteiger partial charge is 0.326 e. The number of dihydropyridines is 1. The van der Waals surface area contributed by atoms with Gasteiger partial charge in [-0.3, -0.25) is 9.69 Å². The lowest BCUT2D eigenvalue weighted by Gasteiger charge is -2.45. The summed E-state index contributed by atoms with van der Waals surface area (Å²) in [6.45, 7) is 4.10. The second-order valence-electron chi connectivity index (χ2n) is 8.43. The number of amides is 3. The van der Waals surface area contributed by atoms with Crippen molar-refractivity contribution >= 4 is 17.6 Å². The fourth-order valence-corrected chi connectivity index (χ4v) is 4.56. The third-order valence-electron chi connectivity index (χ3n) is 6.24. The van der Waals surface area contributed by atoms with Crippen LogP contribution in [0.4, 0.5) is 10.5 Å². The van der Waals surface area contributed by atoms with Gasteiger partial charge in [-0.2, -0.15) is 0 Å². The average Bonchev–Trinajstić information content (AvgIpc) is 3.24. The maximum Gasteiger partial charge on any atom is 0.326 e. The molecule has 4 aliphatic heterocycles. The monoisotopic (exact) mass is 421 g/mol. The van der Waals surface area contributed by atoms with E-state index in [2.05, 4.69) is 16.0 Å². The van der Waals surface area contributed by atoms with E-state index in [1.807, 2.05) is 29.6 Å². The highest BCUT2D eigenvalue weighted by Crippen LogP contribution is 2.27. The van der Waals surface area contributed by atoms with E-state index in [1.165, 1.54) is 0 Å². The molecule has 2 fully saturated rings. The number of benzene rings is 1. The highest BCUT2D eigenvalue weighted by atomic mass is 16.5. The van der Waals surface area contributed by atoms with Gasteiger partial charge in [-0.15, -0.1) is 0 Å². The largest absolute Gasteiger partial charge is 0.370 e. The van der Waals surface area contributed by atoms with Crippen molar-refractivity contribution < 1.29 is 14.3 Å². The Bertz CT molecular complexity index is 954. The van der Waals surface area contributed by atoms with Crippen LogP contribution in [0.15, 0.2) is 60.1 Å². The van der Waals surface area contributed by atoms with Crippen molar-refractivity contribution in [2.24, 2.45) is 0 Å². The Labute approximate surface area is 181 Å². The fraction of sp³-hybridized carbons (Fsp3) is 0.391. The van der Waals surface area contributed by atoms with Crippen LogP contribution in [0.2, 0.25) is 0 Å². The van der Waals surface area contributed by atoms with Gasteiger partial charge in [-0.05, 0) is 60.9 Å². The van der Waals surface area contributed by atoms with E-state index < -0.39 is 0 Å². The van der Waals surface area contributed by atoms with Gasteiger partial charge >= 0.3 is 6.03 Å². The lowest BCUT2D eigenvalue weighted by molar-refractivity contribution is -0.109. The molecule has 5 rings (SSSR count). The molecule has 1 unspecified atom stereocenters. The highest BCUT2D eigenvalue weighted by Gasteiger charge is 2.39. The minimum Gasteiger partial charge on any atom is -0.370 e. The number of carbonyl (C=O) groups excluding carboxylic acids is 2. The minimum absolute atomic E-state index is 0.00528. The predicted octanol–water partition coefficient (Wildman–Crippen LogP) is 2.01. The van der Waals surface area contributed by atoms with Gasteiger partial charge < -0.3 is 25.6 Å². The molecule has 0 radical (unpaired) electrons. The molecule has 3 amide bonds. The number of hydrogen-bond donors (Lipinski definition) is 3. The van der Waals surface area contributed by atoms with Crippen LogP contribution in [0.1, 0.15) is 23.2 Å². The summed E-state index contributed by atoms with van der Waals surface area (Å²) < 4.78 is 6.04. The maximum absolute atomic E-state index is 13.0. The van der Waals surface area contributed by atoms with Crippen molar-refractivity contribution in [3.8, 4) is 0 Å². The first kappa shape index (κ1) is 19.8. The van der Waals surface area contributed by atoms with Gasteiger partial charge in [0.25, 0.3) is 5.91 Å². The van der Waals surface area contributed by atoms with Gasteiger partial charge in [-0.1, -0.05) is 0 Å². The quantitative estimate of drug-likeness (QED) is 0.680. The molecular formula is C23H27N5O3. The first-order valence-electron chi connectivity index (χ1n) is 10.8. The molecule has 8 heteroatoms. The van der Waals surface area contributed by atoms with Crippen LogP contribution in [0, 0.1) is 0 Å². The highest BCUT2D eigenvalue weighted by molar-refractivity contribution is 5.96. The Morgan fingerprint density at radius 3 is 2.84 bits per heavy atom. The summed E-state index contributed by atoms with van der Waals surface area (Å²) in [5.41, 5.74) is 3.13. The normalized spacial score (nSPS) is 24.9. The number of anilines is 1. The second-order valence-corrected chi connectivity index (χ2v) is 8.43. The third-order valence-corrected chi connectivity index (χ3v) is 6.24. The molecule has 1 atom stereocenters. The number of nitrogens with zero attached hydrogens (tertiary/aromatic N) is 2. The van der Waals surface area contributed by atoms with Crippen LogP contribution in [0.3, 0.4) is 0 Å². The van der Waals surface area contributed by atoms with E-state index in [0.29, 0.717) is 37.5 Å². The topological polar surface area (TPSA) is 85.9 Å². The summed E-state index contributed by atoms with van der Waals surface area (Å²) in [6.07, 6.45) is 9.57. The van der Waals surface area contributed by atoms with Crippen LogP contribution in [0.5, 0.6) is 0 Å². The summed E-state index contributed by atoms with van der Waals surface area (Å²) in [6, 6.07) is 6.91. The molecule has 1 aromatic rings. The molecule has 4 aliphatic rings. The van der Waals surface area contributed by atoms with E-state index in [1.54, 1.807) is 29.2 Å². The van der Waals surface area contributed by atoms with Crippen molar-refractivity contribution in [3.05, 3.63) is 65.7 Å². The summed E-state index contributed by atoms with van der Waals surface area (Å²) in [5.74, 6) is 0.00528. The Morgan fingerprint density at radius 1 is 1.19 bits per heavy atom. The third kappa shape index (κ3) is 4.08. The van der Waals surface area contributed by atoms with Crippen molar-refractivity contribution in [3.63, 3.8) is 0 Å². The number of rotatable bonds is 2. The van der Waals surface area contributed by atoms with Crippen LogP contribution in [0.25, 0.3) is 0 Å². The van der Waals surface area contributed by atoms with Gasteiger partial charge in [0, 0.05) is 42.9 Å². The molecule has 8 nitrogen and oxygen atoms in total. The van der Waals surface area contributed by atoms with Gasteiger partial charge in [0.05, 0.1) is 25.3 Å². The molecule has 2 saturated heterocycles.